The van der Waals surface area contributed by atoms with E-state index in [-0.39, 0.29) is 0 Å². The largest absolute Gasteiger partial charge is 0.490 e. The average molecular weight is 318 g/mol. The van der Waals surface area contributed by atoms with E-state index in [2.05, 4.69) is 29.4 Å². The minimum Gasteiger partial charge on any atom is -0.490 e. The van der Waals surface area contributed by atoms with Crippen LogP contribution in [0.15, 0.2) is 17.5 Å². The summed E-state index contributed by atoms with van der Waals surface area (Å²) in [5.41, 5.74) is 7.11. The first-order chi connectivity index (χ1) is 10.2. The summed E-state index contributed by atoms with van der Waals surface area (Å²) in [7, 11) is 0. The highest BCUT2D eigenvalue weighted by molar-refractivity contribution is 7.21. The maximum atomic E-state index is 6.32. The van der Waals surface area contributed by atoms with Gasteiger partial charge in [-0.15, -0.1) is 22.7 Å². The number of ether oxygens (including phenoxy) is 1. The van der Waals surface area contributed by atoms with Crippen molar-refractivity contribution in [1.82, 2.24) is 4.98 Å². The van der Waals surface area contributed by atoms with E-state index in [0.717, 1.165) is 42.0 Å². The summed E-state index contributed by atoms with van der Waals surface area (Å²) in [5, 5.41) is 4.44. The van der Waals surface area contributed by atoms with Gasteiger partial charge in [0, 0.05) is 17.5 Å². The molecule has 3 nitrogen and oxygen atoms in total. The molecule has 1 saturated carbocycles. The number of nitrogens with zero attached hydrogens (tertiary/aromatic N) is 1. The van der Waals surface area contributed by atoms with Gasteiger partial charge in [-0.1, -0.05) is 0 Å². The number of fused-ring (bicyclic) bond motifs is 3. The van der Waals surface area contributed by atoms with Crippen LogP contribution in [0.25, 0.3) is 20.3 Å². The van der Waals surface area contributed by atoms with Crippen molar-refractivity contribution in [2.45, 2.75) is 44.8 Å². The molecule has 5 heteroatoms. The molecule has 1 aliphatic carbocycles. The molecule has 0 atom stereocenters. The van der Waals surface area contributed by atoms with Crippen LogP contribution in [0.1, 0.15) is 30.7 Å². The number of thiophene rings is 1. The van der Waals surface area contributed by atoms with Gasteiger partial charge in [-0.2, -0.15) is 0 Å². The van der Waals surface area contributed by atoms with E-state index in [1.807, 2.05) is 0 Å². The van der Waals surface area contributed by atoms with Gasteiger partial charge in [0.2, 0.25) is 0 Å². The molecule has 0 spiro atoms. The molecule has 21 heavy (non-hydrogen) atoms. The zero-order chi connectivity index (χ0) is 14.4. The van der Waals surface area contributed by atoms with E-state index >= 15 is 0 Å². The zero-order valence-corrected chi connectivity index (χ0v) is 13.6. The predicted molar refractivity (Wildman–Crippen MR) is 90.6 cm³/mol. The van der Waals surface area contributed by atoms with Crippen LogP contribution in [0, 0.1) is 6.92 Å². The maximum absolute atomic E-state index is 6.32. The molecular weight excluding hydrogens is 300 g/mol. The predicted octanol–water partition coefficient (Wildman–Crippen LogP) is 4.47. The van der Waals surface area contributed by atoms with Crippen molar-refractivity contribution in [2.75, 3.05) is 0 Å². The Balaban J connectivity index is 1.74. The van der Waals surface area contributed by atoms with E-state index in [1.165, 1.54) is 14.8 Å². The Morgan fingerprint density at radius 2 is 2.10 bits per heavy atom. The van der Waals surface area contributed by atoms with E-state index in [0.29, 0.717) is 12.1 Å². The Bertz CT molecular complexity index is 784. The molecule has 1 aromatic carbocycles. The third kappa shape index (κ3) is 2.43. The summed E-state index contributed by atoms with van der Waals surface area (Å²) < 4.78 is 8.80. The van der Waals surface area contributed by atoms with Crippen LogP contribution >= 0.6 is 22.7 Å². The molecule has 2 aromatic heterocycles. The van der Waals surface area contributed by atoms with Gasteiger partial charge in [0.1, 0.15) is 5.75 Å². The first-order valence-electron chi connectivity index (χ1n) is 7.40. The number of rotatable bonds is 2. The third-order valence-corrected chi connectivity index (χ3v) is 6.02. The fourth-order valence-electron chi connectivity index (χ4n) is 3.07. The van der Waals surface area contributed by atoms with Crippen molar-refractivity contribution in [3.63, 3.8) is 0 Å². The summed E-state index contributed by atoms with van der Waals surface area (Å²) in [6, 6.07) is 4.68. The van der Waals surface area contributed by atoms with Crippen molar-refractivity contribution in [3.8, 4) is 5.75 Å². The summed E-state index contributed by atoms with van der Waals surface area (Å²) >= 11 is 3.49. The van der Waals surface area contributed by atoms with Gasteiger partial charge in [0.25, 0.3) is 0 Å². The van der Waals surface area contributed by atoms with Crippen LogP contribution in [0.4, 0.5) is 0 Å². The van der Waals surface area contributed by atoms with Gasteiger partial charge >= 0.3 is 0 Å². The highest BCUT2D eigenvalue weighted by Crippen LogP contribution is 2.39. The maximum Gasteiger partial charge on any atom is 0.129 e. The normalized spacial score (nSPS) is 23.0. The number of hydrogen-bond acceptors (Lipinski definition) is 5. The van der Waals surface area contributed by atoms with Crippen molar-refractivity contribution >= 4 is 43.0 Å². The SMILES string of the molecule is Cc1nc2c(cc(OC3CCC(N)CC3)c3ccsc32)s1. The molecule has 0 unspecified atom stereocenters. The van der Waals surface area contributed by atoms with Gasteiger partial charge in [-0.25, -0.2) is 4.98 Å². The molecule has 1 fully saturated rings. The number of nitrogens with two attached hydrogens (primary N) is 1. The molecular formula is C16H18N2OS2. The first kappa shape index (κ1) is 13.5. The van der Waals surface area contributed by atoms with E-state index in [9.17, 15) is 0 Å². The number of thiazole rings is 1. The molecule has 2 heterocycles. The standard InChI is InChI=1S/C16H18N2OS2/c1-9-18-15-14(21-9)8-13(12-6-7-20-16(12)15)19-11-4-2-10(17)3-5-11/h6-8,10-11H,2-5,17H2,1H3. The number of hydrogen-bond donors (Lipinski definition) is 1. The minimum absolute atomic E-state index is 0.305. The van der Waals surface area contributed by atoms with E-state index < -0.39 is 0 Å². The van der Waals surface area contributed by atoms with Crippen LogP contribution in [0.3, 0.4) is 0 Å². The second kappa shape index (κ2) is 5.23. The second-order valence-electron chi connectivity index (χ2n) is 5.77. The second-order valence-corrected chi connectivity index (χ2v) is 7.92. The number of aryl methyl sites for hydroxylation is 1. The Hall–Kier alpha value is -1.17. The zero-order valence-electron chi connectivity index (χ0n) is 12.0. The fourth-order valence-corrected chi connectivity index (χ4v) is 4.90. The molecule has 3 aromatic rings. The van der Waals surface area contributed by atoms with Crippen molar-refractivity contribution in [1.29, 1.82) is 0 Å². The quantitative estimate of drug-likeness (QED) is 0.758. The number of benzene rings is 1. The highest BCUT2D eigenvalue weighted by Gasteiger charge is 2.21. The van der Waals surface area contributed by atoms with Crippen molar-refractivity contribution < 1.29 is 4.74 Å². The van der Waals surface area contributed by atoms with Gasteiger partial charge in [0.15, 0.2) is 0 Å². The average Bonchev–Trinajstić information content (AvgIpc) is 3.07. The Labute approximate surface area is 131 Å². The lowest BCUT2D eigenvalue weighted by atomic mass is 9.94. The summed E-state index contributed by atoms with van der Waals surface area (Å²) in [6.07, 6.45) is 4.57. The molecule has 0 radical (unpaired) electrons. The van der Waals surface area contributed by atoms with Crippen LogP contribution < -0.4 is 10.5 Å². The molecule has 2 N–H and O–H groups in total. The van der Waals surface area contributed by atoms with Gasteiger partial charge in [0.05, 0.1) is 26.0 Å². The van der Waals surface area contributed by atoms with Crippen molar-refractivity contribution in [3.05, 3.63) is 22.5 Å². The van der Waals surface area contributed by atoms with Gasteiger partial charge < -0.3 is 10.5 Å². The van der Waals surface area contributed by atoms with Crippen molar-refractivity contribution in [2.24, 2.45) is 5.73 Å². The molecule has 1 aliphatic rings. The van der Waals surface area contributed by atoms with Gasteiger partial charge in [-0.3, -0.25) is 0 Å². The Morgan fingerprint density at radius 1 is 1.29 bits per heavy atom. The van der Waals surface area contributed by atoms with Gasteiger partial charge in [-0.05, 0) is 44.1 Å². The monoisotopic (exact) mass is 318 g/mol. The molecule has 0 bridgehead atoms. The topological polar surface area (TPSA) is 48.1 Å². The Kier molecular flexibility index (Phi) is 3.36. The van der Waals surface area contributed by atoms with E-state index in [4.69, 9.17) is 10.5 Å². The fraction of sp³-hybridized carbons (Fsp3) is 0.438. The lowest BCUT2D eigenvalue weighted by Crippen LogP contribution is -2.31. The molecule has 4 rings (SSSR count). The minimum atomic E-state index is 0.305. The molecule has 0 amide bonds. The smallest absolute Gasteiger partial charge is 0.129 e. The molecule has 0 aliphatic heterocycles. The van der Waals surface area contributed by atoms with Crippen LogP contribution in [-0.2, 0) is 0 Å². The first-order valence-corrected chi connectivity index (χ1v) is 9.10. The van der Waals surface area contributed by atoms with Crippen LogP contribution in [-0.4, -0.2) is 17.1 Å². The summed E-state index contributed by atoms with van der Waals surface area (Å²) in [6.45, 7) is 2.06. The molecule has 110 valence electrons. The third-order valence-electron chi connectivity index (χ3n) is 4.18. The summed E-state index contributed by atoms with van der Waals surface area (Å²) in [5.74, 6) is 1.02. The molecule has 0 saturated heterocycles. The van der Waals surface area contributed by atoms with Crippen LogP contribution in [0.5, 0.6) is 5.75 Å². The lowest BCUT2D eigenvalue weighted by molar-refractivity contribution is 0.149. The number of aromatic nitrogens is 1. The Morgan fingerprint density at radius 3 is 2.90 bits per heavy atom. The van der Waals surface area contributed by atoms with E-state index in [1.54, 1.807) is 22.7 Å². The lowest BCUT2D eigenvalue weighted by Gasteiger charge is -2.27. The highest BCUT2D eigenvalue weighted by atomic mass is 32.1. The summed E-state index contributed by atoms with van der Waals surface area (Å²) in [4.78, 5) is 4.67. The van der Waals surface area contributed by atoms with Crippen LogP contribution in [0.2, 0.25) is 0 Å².